The van der Waals surface area contributed by atoms with E-state index in [9.17, 15) is 4.79 Å². The highest BCUT2D eigenvalue weighted by molar-refractivity contribution is 5.83. The lowest BCUT2D eigenvalue weighted by Gasteiger charge is -2.35. The summed E-state index contributed by atoms with van der Waals surface area (Å²) in [7, 11) is 0. The van der Waals surface area contributed by atoms with E-state index in [2.05, 4.69) is 29.6 Å². The summed E-state index contributed by atoms with van der Waals surface area (Å²) in [6.45, 7) is 2.39. The number of ether oxygens (including phenoxy) is 1. The van der Waals surface area contributed by atoms with Gasteiger partial charge in [0.25, 0.3) is 0 Å². The van der Waals surface area contributed by atoms with Crippen molar-refractivity contribution in [2.75, 3.05) is 26.3 Å². The minimum atomic E-state index is -0.426. The number of carbonyl (C=O) groups is 1. The van der Waals surface area contributed by atoms with E-state index in [4.69, 9.17) is 10.5 Å². The van der Waals surface area contributed by atoms with Crippen LogP contribution in [0, 0.1) is 5.41 Å². The Hall–Kier alpha value is -1.39. The van der Waals surface area contributed by atoms with E-state index in [1.54, 1.807) is 0 Å². The first-order chi connectivity index (χ1) is 10.2. The Morgan fingerprint density at radius 1 is 1.14 bits per heavy atom. The summed E-state index contributed by atoms with van der Waals surface area (Å²) in [4.78, 5) is 12.6. The molecule has 4 heteroatoms. The van der Waals surface area contributed by atoms with Gasteiger partial charge >= 0.3 is 0 Å². The number of nitrogens with one attached hydrogen (secondary N) is 1. The van der Waals surface area contributed by atoms with E-state index < -0.39 is 5.41 Å². The van der Waals surface area contributed by atoms with E-state index in [1.807, 2.05) is 6.07 Å². The Morgan fingerprint density at radius 3 is 2.38 bits per heavy atom. The molecule has 1 aliphatic carbocycles. The maximum Gasteiger partial charge on any atom is 0.227 e. The molecule has 0 unspecified atom stereocenters. The van der Waals surface area contributed by atoms with Crippen molar-refractivity contribution in [2.24, 2.45) is 11.1 Å². The van der Waals surface area contributed by atoms with Gasteiger partial charge in [-0.1, -0.05) is 30.3 Å². The van der Waals surface area contributed by atoms with Crippen LogP contribution in [0.25, 0.3) is 0 Å². The van der Waals surface area contributed by atoms with Gasteiger partial charge in [0.1, 0.15) is 0 Å². The number of nitrogens with two attached hydrogens (primary N) is 1. The van der Waals surface area contributed by atoms with E-state index >= 15 is 0 Å². The topological polar surface area (TPSA) is 64.4 Å². The van der Waals surface area contributed by atoms with Gasteiger partial charge in [0.05, 0.1) is 5.41 Å². The summed E-state index contributed by atoms with van der Waals surface area (Å²) in [5.41, 5.74) is 6.95. The summed E-state index contributed by atoms with van der Waals surface area (Å²) in [6, 6.07) is 10.5. The molecule has 114 valence electrons. The molecule has 0 radical (unpaired) electrons. The van der Waals surface area contributed by atoms with Gasteiger partial charge in [-0.15, -0.1) is 0 Å². The third-order valence-electron chi connectivity index (χ3n) is 5.15. The van der Waals surface area contributed by atoms with Crippen molar-refractivity contribution >= 4 is 5.91 Å². The SMILES string of the molecule is NCC1(C(=O)NCC2(c3ccccc3)CC2)CCOCC1. The number of carbonyl (C=O) groups excluding carboxylic acids is 1. The molecular weight excluding hydrogens is 264 g/mol. The van der Waals surface area contributed by atoms with Gasteiger partial charge in [0, 0.05) is 31.7 Å². The normalized spacial score (nSPS) is 22.5. The molecule has 1 saturated heterocycles. The molecule has 21 heavy (non-hydrogen) atoms. The van der Waals surface area contributed by atoms with Crippen molar-refractivity contribution in [3.8, 4) is 0 Å². The lowest BCUT2D eigenvalue weighted by atomic mass is 9.79. The van der Waals surface area contributed by atoms with Crippen LogP contribution in [0.2, 0.25) is 0 Å². The molecule has 2 fully saturated rings. The first kappa shape index (κ1) is 14.5. The number of hydrogen-bond acceptors (Lipinski definition) is 3. The summed E-state index contributed by atoms with van der Waals surface area (Å²) in [5.74, 6) is 0.107. The van der Waals surface area contributed by atoms with Crippen LogP contribution >= 0.6 is 0 Å². The highest BCUT2D eigenvalue weighted by Crippen LogP contribution is 2.47. The minimum absolute atomic E-state index is 0.107. The molecule has 1 aromatic rings. The van der Waals surface area contributed by atoms with Crippen LogP contribution in [0.3, 0.4) is 0 Å². The molecule has 1 aliphatic heterocycles. The number of amides is 1. The van der Waals surface area contributed by atoms with Crippen LogP contribution in [0.1, 0.15) is 31.2 Å². The third-order valence-corrected chi connectivity index (χ3v) is 5.15. The predicted molar refractivity (Wildman–Crippen MR) is 81.9 cm³/mol. The maximum atomic E-state index is 12.6. The second-order valence-corrected chi connectivity index (χ2v) is 6.43. The van der Waals surface area contributed by atoms with Crippen LogP contribution in [-0.2, 0) is 14.9 Å². The van der Waals surface area contributed by atoms with Gasteiger partial charge in [-0.3, -0.25) is 4.79 Å². The van der Waals surface area contributed by atoms with Gasteiger partial charge in [0.15, 0.2) is 0 Å². The predicted octanol–water partition coefficient (Wildman–Crippen LogP) is 1.59. The van der Waals surface area contributed by atoms with Crippen LogP contribution in [0.15, 0.2) is 30.3 Å². The fourth-order valence-electron chi connectivity index (χ4n) is 3.23. The molecule has 4 nitrogen and oxygen atoms in total. The quantitative estimate of drug-likeness (QED) is 0.865. The van der Waals surface area contributed by atoms with Crippen LogP contribution in [0.4, 0.5) is 0 Å². The lowest BCUT2D eigenvalue weighted by molar-refractivity contribution is -0.136. The maximum absolute atomic E-state index is 12.6. The molecule has 1 heterocycles. The molecule has 0 aromatic heterocycles. The molecule has 2 aliphatic rings. The van der Waals surface area contributed by atoms with Gasteiger partial charge in [0.2, 0.25) is 5.91 Å². The molecule has 1 saturated carbocycles. The summed E-state index contributed by atoms with van der Waals surface area (Å²) < 4.78 is 5.37. The first-order valence-electron chi connectivity index (χ1n) is 7.83. The van der Waals surface area contributed by atoms with Crippen LogP contribution < -0.4 is 11.1 Å². The second kappa shape index (κ2) is 5.78. The fourth-order valence-corrected chi connectivity index (χ4v) is 3.23. The Labute approximate surface area is 126 Å². The molecule has 3 rings (SSSR count). The summed E-state index contributed by atoms with van der Waals surface area (Å²) in [5, 5.41) is 3.17. The van der Waals surface area contributed by atoms with E-state index in [1.165, 1.54) is 5.56 Å². The number of benzene rings is 1. The minimum Gasteiger partial charge on any atom is -0.381 e. The lowest BCUT2D eigenvalue weighted by Crippen LogP contribution is -2.50. The van der Waals surface area contributed by atoms with E-state index in [0.717, 1.165) is 32.2 Å². The molecular formula is C17H24N2O2. The van der Waals surface area contributed by atoms with Crippen molar-refractivity contribution in [3.05, 3.63) is 35.9 Å². The average molecular weight is 288 g/mol. The Bertz CT molecular complexity index is 491. The van der Waals surface area contributed by atoms with Crippen molar-refractivity contribution in [2.45, 2.75) is 31.1 Å². The standard InChI is InChI=1S/C17H24N2O2/c18-12-16(8-10-21-11-9-16)15(20)19-13-17(6-7-17)14-4-2-1-3-5-14/h1-5H,6-13,18H2,(H,19,20). The zero-order chi connectivity index (χ0) is 14.8. The zero-order valence-electron chi connectivity index (χ0n) is 12.4. The molecule has 3 N–H and O–H groups in total. The molecule has 1 aromatic carbocycles. The smallest absolute Gasteiger partial charge is 0.227 e. The first-order valence-corrected chi connectivity index (χ1v) is 7.83. The molecule has 0 bridgehead atoms. The highest BCUT2D eigenvalue weighted by Gasteiger charge is 2.46. The highest BCUT2D eigenvalue weighted by atomic mass is 16.5. The van der Waals surface area contributed by atoms with Crippen LogP contribution in [-0.4, -0.2) is 32.2 Å². The van der Waals surface area contributed by atoms with Crippen molar-refractivity contribution in [3.63, 3.8) is 0 Å². The molecule has 1 amide bonds. The van der Waals surface area contributed by atoms with Crippen molar-refractivity contribution in [1.29, 1.82) is 0 Å². The van der Waals surface area contributed by atoms with E-state index in [-0.39, 0.29) is 11.3 Å². The Balaban J connectivity index is 1.63. The third kappa shape index (κ3) is 2.83. The monoisotopic (exact) mass is 288 g/mol. The van der Waals surface area contributed by atoms with Gasteiger partial charge in [-0.05, 0) is 31.2 Å². The molecule has 0 atom stereocenters. The largest absolute Gasteiger partial charge is 0.381 e. The van der Waals surface area contributed by atoms with Crippen LogP contribution in [0.5, 0.6) is 0 Å². The Kier molecular flexibility index (Phi) is 4.00. The second-order valence-electron chi connectivity index (χ2n) is 6.43. The number of rotatable bonds is 5. The number of hydrogen-bond donors (Lipinski definition) is 2. The molecule has 0 spiro atoms. The van der Waals surface area contributed by atoms with Gasteiger partial charge in [-0.25, -0.2) is 0 Å². The average Bonchev–Trinajstić information content (AvgIpc) is 3.35. The zero-order valence-corrected chi connectivity index (χ0v) is 12.4. The van der Waals surface area contributed by atoms with Gasteiger partial charge < -0.3 is 15.8 Å². The van der Waals surface area contributed by atoms with Gasteiger partial charge in [-0.2, -0.15) is 0 Å². The summed E-state index contributed by atoms with van der Waals surface area (Å²) in [6.07, 6.45) is 3.76. The van der Waals surface area contributed by atoms with Crippen molar-refractivity contribution in [1.82, 2.24) is 5.32 Å². The van der Waals surface area contributed by atoms with E-state index in [0.29, 0.717) is 19.8 Å². The summed E-state index contributed by atoms with van der Waals surface area (Å²) >= 11 is 0. The fraction of sp³-hybridized carbons (Fsp3) is 0.588. The van der Waals surface area contributed by atoms with Crippen molar-refractivity contribution < 1.29 is 9.53 Å². The Morgan fingerprint density at radius 2 is 1.81 bits per heavy atom.